The first-order chi connectivity index (χ1) is 12.4. The average molecular weight is 356 g/mol. The Kier molecular flexibility index (Phi) is 4.71. The summed E-state index contributed by atoms with van der Waals surface area (Å²) in [6, 6.07) is 10.9. The van der Waals surface area contributed by atoms with Crippen LogP contribution in [0.5, 0.6) is 0 Å². The molecule has 0 aliphatic carbocycles. The van der Waals surface area contributed by atoms with Crippen molar-refractivity contribution in [3.8, 4) is 0 Å². The van der Waals surface area contributed by atoms with Gasteiger partial charge in [-0.05, 0) is 36.8 Å². The summed E-state index contributed by atoms with van der Waals surface area (Å²) in [5.41, 5.74) is 0.369. The first-order valence-corrected chi connectivity index (χ1v) is 8.06. The number of carboxylic acid groups (broad SMARTS) is 1. The van der Waals surface area contributed by atoms with E-state index in [1.54, 1.807) is 12.1 Å². The fourth-order valence-corrected chi connectivity index (χ4v) is 3.06. The van der Waals surface area contributed by atoms with Crippen LogP contribution in [0.3, 0.4) is 0 Å². The Morgan fingerprint density at radius 3 is 2.54 bits per heavy atom. The summed E-state index contributed by atoms with van der Waals surface area (Å²) in [6.07, 6.45) is 0.369. The molecule has 2 aromatic rings. The molecule has 1 aliphatic rings. The average Bonchev–Trinajstić information content (AvgIpc) is 3.02. The van der Waals surface area contributed by atoms with Crippen molar-refractivity contribution in [2.75, 3.05) is 18.5 Å². The van der Waals surface area contributed by atoms with Crippen LogP contribution in [0, 0.1) is 5.82 Å². The normalized spacial score (nSPS) is 16.6. The van der Waals surface area contributed by atoms with Crippen molar-refractivity contribution in [2.24, 2.45) is 0 Å². The number of nitrogens with zero attached hydrogens (tertiary/aromatic N) is 2. The largest absolute Gasteiger partial charge is 0.478 e. The van der Waals surface area contributed by atoms with Crippen molar-refractivity contribution in [3.05, 3.63) is 65.5 Å². The number of carboxylic acids is 1. The highest BCUT2D eigenvalue weighted by atomic mass is 19.1. The van der Waals surface area contributed by atoms with Gasteiger partial charge in [-0.3, -0.25) is 9.59 Å². The summed E-state index contributed by atoms with van der Waals surface area (Å²) in [7, 11) is 1.49. The molecule has 7 heteroatoms. The van der Waals surface area contributed by atoms with Gasteiger partial charge in [0.15, 0.2) is 0 Å². The molecule has 1 fully saturated rings. The van der Waals surface area contributed by atoms with E-state index in [0.29, 0.717) is 13.0 Å². The molecule has 0 saturated carbocycles. The molecule has 6 nitrogen and oxygen atoms in total. The first kappa shape index (κ1) is 17.6. The number of rotatable bonds is 4. The standard InChI is InChI=1S/C19H17FN2O4/c1-21(17(23)12-5-4-6-13(11-12)19(25)26)16-9-10-22(18(16)24)15-8-3-2-7-14(15)20/h2-8,11,16H,9-10H2,1H3,(H,25,26)/t16-/m1/s1. The molecule has 2 aromatic carbocycles. The van der Waals surface area contributed by atoms with Gasteiger partial charge in [0, 0.05) is 19.2 Å². The van der Waals surface area contributed by atoms with Gasteiger partial charge >= 0.3 is 5.97 Å². The summed E-state index contributed by atoms with van der Waals surface area (Å²) < 4.78 is 14.0. The fourth-order valence-electron chi connectivity index (χ4n) is 3.06. The number of halogens is 1. The maximum absolute atomic E-state index is 14.0. The molecule has 2 amide bonds. The SMILES string of the molecule is CN(C(=O)c1cccc(C(=O)O)c1)[C@@H]1CCN(c2ccccc2F)C1=O. The number of hydrogen-bond donors (Lipinski definition) is 1. The first-order valence-electron chi connectivity index (χ1n) is 8.06. The van der Waals surface area contributed by atoms with Gasteiger partial charge in [-0.1, -0.05) is 18.2 Å². The number of para-hydroxylation sites is 1. The minimum atomic E-state index is -1.13. The zero-order valence-electron chi connectivity index (χ0n) is 14.1. The van der Waals surface area contributed by atoms with E-state index in [4.69, 9.17) is 5.11 Å². The van der Waals surface area contributed by atoms with Crippen molar-refractivity contribution in [3.63, 3.8) is 0 Å². The smallest absolute Gasteiger partial charge is 0.335 e. The van der Waals surface area contributed by atoms with Crippen molar-refractivity contribution in [1.29, 1.82) is 0 Å². The molecule has 0 bridgehead atoms. The van der Waals surface area contributed by atoms with Gasteiger partial charge in [0.2, 0.25) is 5.91 Å². The minimum Gasteiger partial charge on any atom is -0.478 e. The van der Waals surface area contributed by atoms with Crippen LogP contribution < -0.4 is 4.90 Å². The van der Waals surface area contributed by atoms with Crippen molar-refractivity contribution < 1.29 is 23.9 Å². The number of hydrogen-bond acceptors (Lipinski definition) is 3. The van der Waals surface area contributed by atoms with E-state index in [9.17, 15) is 18.8 Å². The van der Waals surface area contributed by atoms with Crippen LogP contribution in [0.2, 0.25) is 0 Å². The quantitative estimate of drug-likeness (QED) is 0.913. The van der Waals surface area contributed by atoms with Gasteiger partial charge in [-0.2, -0.15) is 0 Å². The van der Waals surface area contributed by atoms with Crippen LogP contribution in [0.15, 0.2) is 48.5 Å². The molecule has 1 heterocycles. The van der Waals surface area contributed by atoms with Gasteiger partial charge < -0.3 is 14.9 Å². The van der Waals surface area contributed by atoms with Crippen LogP contribution in [0.4, 0.5) is 10.1 Å². The van der Waals surface area contributed by atoms with E-state index in [1.165, 1.54) is 53.2 Å². The lowest BCUT2D eigenvalue weighted by molar-refractivity contribution is -0.120. The molecule has 26 heavy (non-hydrogen) atoms. The monoisotopic (exact) mass is 356 g/mol. The maximum atomic E-state index is 14.0. The Labute approximate surface area is 149 Å². The zero-order chi connectivity index (χ0) is 18.8. The van der Waals surface area contributed by atoms with Crippen LogP contribution >= 0.6 is 0 Å². The molecule has 0 aromatic heterocycles. The molecule has 134 valence electrons. The highest BCUT2D eigenvalue weighted by Gasteiger charge is 2.38. The highest BCUT2D eigenvalue weighted by molar-refractivity contribution is 6.04. The van der Waals surface area contributed by atoms with Gasteiger partial charge in [-0.25, -0.2) is 9.18 Å². The third-order valence-electron chi connectivity index (χ3n) is 4.46. The Morgan fingerprint density at radius 1 is 1.15 bits per heavy atom. The van der Waals surface area contributed by atoms with Crippen LogP contribution in [-0.2, 0) is 4.79 Å². The molecule has 0 radical (unpaired) electrons. The van der Waals surface area contributed by atoms with E-state index in [1.807, 2.05) is 0 Å². The Balaban J connectivity index is 1.80. The minimum absolute atomic E-state index is 0.00465. The fraction of sp³-hybridized carbons (Fsp3) is 0.211. The van der Waals surface area contributed by atoms with Crippen molar-refractivity contribution in [2.45, 2.75) is 12.5 Å². The lowest BCUT2D eigenvalue weighted by Gasteiger charge is -2.24. The summed E-state index contributed by atoms with van der Waals surface area (Å²) >= 11 is 0. The molecule has 0 spiro atoms. The van der Waals surface area contributed by atoms with E-state index < -0.39 is 23.7 Å². The van der Waals surface area contributed by atoms with Gasteiger partial charge in [0.05, 0.1) is 11.3 Å². The molecular weight excluding hydrogens is 339 g/mol. The molecule has 1 atom stereocenters. The van der Waals surface area contributed by atoms with Crippen molar-refractivity contribution >= 4 is 23.5 Å². The molecule has 1 aliphatic heterocycles. The Bertz CT molecular complexity index is 883. The van der Waals surface area contributed by atoms with Gasteiger partial charge in [0.25, 0.3) is 5.91 Å². The second kappa shape index (κ2) is 6.95. The van der Waals surface area contributed by atoms with E-state index in [0.717, 1.165) is 0 Å². The zero-order valence-corrected chi connectivity index (χ0v) is 14.1. The molecule has 1 saturated heterocycles. The predicted molar refractivity (Wildman–Crippen MR) is 92.7 cm³/mol. The van der Waals surface area contributed by atoms with Crippen LogP contribution in [0.25, 0.3) is 0 Å². The molecule has 0 unspecified atom stereocenters. The number of aromatic carboxylic acids is 1. The van der Waals surface area contributed by atoms with E-state index >= 15 is 0 Å². The third kappa shape index (κ3) is 3.15. The lowest BCUT2D eigenvalue weighted by Crippen LogP contribution is -2.43. The number of amides is 2. The van der Waals surface area contributed by atoms with Crippen LogP contribution in [0.1, 0.15) is 27.1 Å². The topological polar surface area (TPSA) is 77.9 Å². The summed E-state index contributed by atoms with van der Waals surface area (Å²) in [5.74, 6) is -2.45. The second-order valence-electron chi connectivity index (χ2n) is 6.05. The van der Waals surface area contributed by atoms with Gasteiger partial charge in [0.1, 0.15) is 11.9 Å². The molecule has 1 N–H and O–H groups in total. The number of benzene rings is 2. The summed E-state index contributed by atoms with van der Waals surface area (Å²) in [4.78, 5) is 39.0. The van der Waals surface area contributed by atoms with Crippen LogP contribution in [-0.4, -0.2) is 47.4 Å². The number of carbonyl (C=O) groups excluding carboxylic acids is 2. The lowest BCUT2D eigenvalue weighted by atomic mass is 10.1. The van der Waals surface area contributed by atoms with E-state index in [2.05, 4.69) is 0 Å². The Morgan fingerprint density at radius 2 is 1.85 bits per heavy atom. The maximum Gasteiger partial charge on any atom is 0.335 e. The summed E-state index contributed by atoms with van der Waals surface area (Å²) in [5, 5.41) is 9.05. The Hall–Kier alpha value is -3.22. The number of anilines is 1. The predicted octanol–water partition coefficient (Wildman–Crippen LogP) is 2.40. The second-order valence-corrected chi connectivity index (χ2v) is 6.05. The number of likely N-dealkylation sites (N-methyl/N-ethyl adjacent to an activating group) is 1. The summed E-state index contributed by atoms with van der Waals surface area (Å²) in [6.45, 7) is 0.303. The number of carbonyl (C=O) groups is 3. The molecular formula is C19H17FN2O4. The van der Waals surface area contributed by atoms with Crippen molar-refractivity contribution in [1.82, 2.24) is 4.90 Å². The van der Waals surface area contributed by atoms with E-state index in [-0.39, 0.29) is 22.7 Å². The highest BCUT2D eigenvalue weighted by Crippen LogP contribution is 2.27. The molecule has 3 rings (SSSR count). The third-order valence-corrected chi connectivity index (χ3v) is 4.46. The van der Waals surface area contributed by atoms with Gasteiger partial charge in [-0.15, -0.1) is 0 Å².